The number of aromatic nitrogens is 2. The number of thiazole rings is 1. The highest BCUT2D eigenvalue weighted by molar-refractivity contribution is 14.0. The summed E-state index contributed by atoms with van der Waals surface area (Å²) in [6, 6.07) is 4.25. The van der Waals surface area contributed by atoms with Crippen molar-refractivity contribution >= 4 is 47.1 Å². The molecule has 3 rings (SSSR count). The zero-order valence-corrected chi connectivity index (χ0v) is 20.6. The van der Waals surface area contributed by atoms with Gasteiger partial charge in [-0.25, -0.2) is 15.0 Å². The van der Waals surface area contributed by atoms with E-state index in [0.29, 0.717) is 6.54 Å². The number of hydrogen-bond donors (Lipinski definition) is 2. The molecule has 3 heterocycles. The number of anilines is 1. The summed E-state index contributed by atoms with van der Waals surface area (Å²) in [5.74, 6) is 1.94. The van der Waals surface area contributed by atoms with Gasteiger partial charge in [-0.05, 0) is 44.4 Å². The fraction of sp³-hybridized carbons (Fsp3) is 0.571. The molecule has 0 radical (unpaired) electrons. The van der Waals surface area contributed by atoms with E-state index in [9.17, 15) is 0 Å². The van der Waals surface area contributed by atoms with E-state index >= 15 is 0 Å². The second-order valence-electron chi connectivity index (χ2n) is 7.15. The summed E-state index contributed by atoms with van der Waals surface area (Å²) >= 11 is 1.70. The first kappa shape index (κ1) is 23.9. The Balaban J connectivity index is 0.00000300. The number of hydrogen-bond acceptors (Lipinski definition) is 5. The van der Waals surface area contributed by atoms with Crippen LogP contribution in [0.4, 0.5) is 5.82 Å². The Bertz CT molecular complexity index is 755. The van der Waals surface area contributed by atoms with Crippen molar-refractivity contribution < 1.29 is 0 Å². The third kappa shape index (κ3) is 8.08. The molecule has 2 N–H and O–H groups in total. The molecular formula is C21H33IN6S. The predicted octanol–water partition coefficient (Wildman–Crippen LogP) is 4.14. The minimum absolute atomic E-state index is 0. The van der Waals surface area contributed by atoms with Crippen LogP contribution in [-0.4, -0.2) is 42.1 Å². The SMILES string of the molecule is CCNC(=NCc1ccnc(N2CCCCCC2)c1)NCCc1csc(C)n1.I. The van der Waals surface area contributed by atoms with Gasteiger partial charge in [-0.3, -0.25) is 0 Å². The van der Waals surface area contributed by atoms with Crippen LogP contribution in [0.2, 0.25) is 0 Å². The molecule has 1 saturated heterocycles. The first-order valence-corrected chi connectivity index (χ1v) is 11.3. The van der Waals surface area contributed by atoms with Gasteiger partial charge in [0.25, 0.3) is 0 Å². The standard InChI is InChI=1S/C21H32N6S.HI/c1-3-22-21(24-11-9-19-16-28-17(2)26-19)25-15-18-8-10-23-20(14-18)27-12-6-4-5-7-13-27;/h8,10,14,16H,3-7,9,11-13,15H2,1-2H3,(H2,22,24,25);1H. The summed E-state index contributed by atoms with van der Waals surface area (Å²) in [5, 5.41) is 9.98. The molecular weight excluding hydrogens is 495 g/mol. The average Bonchev–Trinajstić information content (AvgIpc) is 2.95. The molecule has 0 saturated carbocycles. The molecule has 1 fully saturated rings. The van der Waals surface area contributed by atoms with Gasteiger partial charge in [0.2, 0.25) is 0 Å². The van der Waals surface area contributed by atoms with E-state index in [1.165, 1.54) is 31.2 Å². The molecule has 0 amide bonds. The molecule has 0 aliphatic carbocycles. The van der Waals surface area contributed by atoms with Crippen LogP contribution in [-0.2, 0) is 13.0 Å². The Kier molecular flexibility index (Phi) is 10.7. The molecule has 0 bridgehead atoms. The van der Waals surface area contributed by atoms with Gasteiger partial charge in [0.05, 0.1) is 17.2 Å². The lowest BCUT2D eigenvalue weighted by molar-refractivity contribution is 0.726. The number of nitrogens with one attached hydrogen (secondary N) is 2. The molecule has 2 aromatic rings. The molecule has 0 atom stereocenters. The molecule has 8 heteroatoms. The van der Waals surface area contributed by atoms with Gasteiger partial charge in [0, 0.05) is 44.2 Å². The monoisotopic (exact) mass is 528 g/mol. The van der Waals surface area contributed by atoms with Crippen LogP contribution in [0, 0.1) is 6.92 Å². The lowest BCUT2D eigenvalue weighted by Crippen LogP contribution is -2.38. The van der Waals surface area contributed by atoms with Crippen molar-refractivity contribution in [3.63, 3.8) is 0 Å². The molecule has 1 aliphatic rings. The fourth-order valence-electron chi connectivity index (χ4n) is 3.38. The summed E-state index contributed by atoms with van der Waals surface area (Å²) in [7, 11) is 0. The smallest absolute Gasteiger partial charge is 0.191 e. The summed E-state index contributed by atoms with van der Waals surface area (Å²) in [5.41, 5.74) is 2.34. The minimum atomic E-state index is 0. The summed E-state index contributed by atoms with van der Waals surface area (Å²) in [4.78, 5) is 16.3. The summed E-state index contributed by atoms with van der Waals surface area (Å²) in [6.07, 6.45) is 8.00. The Labute approximate surface area is 195 Å². The van der Waals surface area contributed by atoms with Gasteiger partial charge in [-0.2, -0.15) is 0 Å². The van der Waals surface area contributed by atoms with Gasteiger partial charge >= 0.3 is 0 Å². The van der Waals surface area contributed by atoms with E-state index in [1.807, 2.05) is 13.1 Å². The Morgan fingerprint density at radius 3 is 2.69 bits per heavy atom. The van der Waals surface area contributed by atoms with E-state index < -0.39 is 0 Å². The van der Waals surface area contributed by atoms with Gasteiger partial charge in [-0.1, -0.05) is 12.8 Å². The molecule has 1 aliphatic heterocycles. The second-order valence-corrected chi connectivity index (χ2v) is 8.22. The fourth-order valence-corrected chi connectivity index (χ4v) is 4.02. The third-order valence-corrected chi connectivity index (χ3v) is 5.67. The minimum Gasteiger partial charge on any atom is -0.357 e. The van der Waals surface area contributed by atoms with E-state index in [4.69, 9.17) is 4.99 Å². The van der Waals surface area contributed by atoms with Crippen molar-refractivity contribution in [2.24, 2.45) is 4.99 Å². The number of aryl methyl sites for hydroxylation is 1. The predicted molar refractivity (Wildman–Crippen MR) is 134 cm³/mol. The molecule has 6 nitrogen and oxygen atoms in total. The van der Waals surface area contributed by atoms with E-state index in [2.05, 4.69) is 49.9 Å². The van der Waals surface area contributed by atoms with Crippen LogP contribution in [0.1, 0.15) is 48.9 Å². The maximum absolute atomic E-state index is 4.76. The van der Waals surface area contributed by atoms with Crippen molar-refractivity contribution in [2.45, 2.75) is 52.5 Å². The maximum atomic E-state index is 4.76. The van der Waals surface area contributed by atoms with Gasteiger partial charge < -0.3 is 15.5 Å². The molecule has 160 valence electrons. The van der Waals surface area contributed by atoms with Crippen molar-refractivity contribution in [3.05, 3.63) is 40.0 Å². The number of guanidine groups is 1. The van der Waals surface area contributed by atoms with Crippen molar-refractivity contribution in [1.82, 2.24) is 20.6 Å². The number of pyridine rings is 1. The van der Waals surface area contributed by atoms with Crippen LogP contribution < -0.4 is 15.5 Å². The quantitative estimate of drug-likeness (QED) is 0.321. The van der Waals surface area contributed by atoms with Crippen LogP contribution in [0.3, 0.4) is 0 Å². The van der Waals surface area contributed by atoms with Crippen LogP contribution in [0.5, 0.6) is 0 Å². The Morgan fingerprint density at radius 1 is 1.21 bits per heavy atom. The Morgan fingerprint density at radius 2 is 2.00 bits per heavy atom. The number of halogens is 1. The zero-order chi connectivity index (χ0) is 19.6. The summed E-state index contributed by atoms with van der Waals surface area (Å²) in [6.45, 7) is 8.67. The topological polar surface area (TPSA) is 65.4 Å². The summed E-state index contributed by atoms with van der Waals surface area (Å²) < 4.78 is 0. The lowest BCUT2D eigenvalue weighted by Gasteiger charge is -2.21. The van der Waals surface area contributed by atoms with E-state index in [-0.39, 0.29) is 24.0 Å². The van der Waals surface area contributed by atoms with Gasteiger partial charge in [0.15, 0.2) is 5.96 Å². The highest BCUT2D eigenvalue weighted by atomic mass is 127. The van der Waals surface area contributed by atoms with Crippen molar-refractivity contribution in [2.75, 3.05) is 31.1 Å². The maximum Gasteiger partial charge on any atom is 0.191 e. The van der Waals surface area contributed by atoms with Crippen molar-refractivity contribution in [3.8, 4) is 0 Å². The molecule has 0 unspecified atom stereocenters. The van der Waals surface area contributed by atoms with Crippen LogP contribution in [0.15, 0.2) is 28.7 Å². The van der Waals surface area contributed by atoms with E-state index in [0.717, 1.165) is 55.1 Å². The van der Waals surface area contributed by atoms with Crippen LogP contribution >= 0.6 is 35.3 Å². The highest BCUT2D eigenvalue weighted by Gasteiger charge is 2.11. The molecule has 2 aromatic heterocycles. The lowest BCUT2D eigenvalue weighted by atomic mass is 10.2. The Hall–Kier alpha value is -1.42. The van der Waals surface area contributed by atoms with Crippen molar-refractivity contribution in [1.29, 1.82) is 0 Å². The molecule has 0 spiro atoms. The third-order valence-electron chi connectivity index (χ3n) is 4.84. The number of aliphatic imine (C=N–C) groups is 1. The first-order valence-electron chi connectivity index (χ1n) is 10.4. The van der Waals surface area contributed by atoms with Gasteiger partial charge in [0.1, 0.15) is 5.82 Å². The normalized spacial score (nSPS) is 14.8. The first-order chi connectivity index (χ1) is 13.7. The molecule has 0 aromatic carbocycles. The van der Waals surface area contributed by atoms with Gasteiger partial charge in [-0.15, -0.1) is 35.3 Å². The second kappa shape index (κ2) is 13.0. The largest absolute Gasteiger partial charge is 0.357 e. The van der Waals surface area contributed by atoms with Crippen LogP contribution in [0.25, 0.3) is 0 Å². The molecule has 29 heavy (non-hydrogen) atoms. The average molecular weight is 529 g/mol. The zero-order valence-electron chi connectivity index (χ0n) is 17.5. The van der Waals surface area contributed by atoms with E-state index in [1.54, 1.807) is 11.3 Å². The number of nitrogens with zero attached hydrogens (tertiary/aromatic N) is 4. The highest BCUT2D eigenvalue weighted by Crippen LogP contribution is 2.18. The number of rotatable bonds is 7.